The molecule has 8 heteroatoms. The minimum absolute atomic E-state index is 0.0587. The Morgan fingerprint density at radius 1 is 1.16 bits per heavy atom. The van der Waals surface area contributed by atoms with Crippen molar-refractivity contribution in [3.05, 3.63) is 41.7 Å². The van der Waals surface area contributed by atoms with E-state index in [0.29, 0.717) is 0 Å². The molecule has 2 aromatic rings. The highest BCUT2D eigenvalue weighted by atomic mass is 32.2. The Bertz CT molecular complexity index is 749. The zero-order valence-electron chi connectivity index (χ0n) is 9.45. The summed E-state index contributed by atoms with van der Waals surface area (Å²) in [7, 11) is -3.80. The van der Waals surface area contributed by atoms with E-state index in [1.807, 2.05) is 0 Å². The number of benzene rings is 1. The van der Waals surface area contributed by atoms with Crippen LogP contribution in [0.25, 0.3) is 0 Å². The fourth-order valence-electron chi connectivity index (χ4n) is 1.37. The second kappa shape index (κ2) is 4.80. The number of anilines is 1. The van der Waals surface area contributed by atoms with Crippen molar-refractivity contribution in [3.8, 4) is 12.1 Å². The molecule has 2 N–H and O–H groups in total. The van der Waals surface area contributed by atoms with Crippen LogP contribution in [-0.4, -0.2) is 18.4 Å². The van der Waals surface area contributed by atoms with Crippen LogP contribution in [0.2, 0.25) is 0 Å². The molecule has 0 aliphatic carbocycles. The zero-order chi connectivity index (χ0) is 13.9. The Hall–Kier alpha value is -2.84. The van der Waals surface area contributed by atoms with Gasteiger partial charge < -0.3 is 4.98 Å². The summed E-state index contributed by atoms with van der Waals surface area (Å²) >= 11 is 0. The van der Waals surface area contributed by atoms with Gasteiger partial charge in [-0.1, -0.05) is 18.2 Å². The first kappa shape index (κ1) is 12.6. The predicted octanol–water partition coefficient (Wildman–Crippen LogP) is 0.954. The first-order valence-corrected chi connectivity index (χ1v) is 6.53. The quantitative estimate of drug-likeness (QED) is 0.862. The largest absolute Gasteiger partial charge is 0.314 e. The van der Waals surface area contributed by atoms with E-state index >= 15 is 0 Å². The van der Waals surface area contributed by atoms with Crippen molar-refractivity contribution in [2.24, 2.45) is 0 Å². The Labute approximate surface area is 109 Å². The van der Waals surface area contributed by atoms with Gasteiger partial charge >= 0.3 is 0 Å². The van der Waals surface area contributed by atoms with Crippen LogP contribution in [0, 0.1) is 22.7 Å². The average molecular weight is 273 g/mol. The van der Waals surface area contributed by atoms with E-state index in [9.17, 15) is 8.42 Å². The van der Waals surface area contributed by atoms with Gasteiger partial charge in [0.15, 0.2) is 11.4 Å². The van der Waals surface area contributed by atoms with Crippen molar-refractivity contribution in [3.63, 3.8) is 0 Å². The maximum Gasteiger partial charge on any atom is 0.264 e. The molecule has 0 atom stereocenters. The summed E-state index contributed by atoms with van der Waals surface area (Å²) in [5, 5.41) is 17.4. The highest BCUT2D eigenvalue weighted by Gasteiger charge is 2.17. The monoisotopic (exact) mass is 273 g/mol. The maximum atomic E-state index is 12.0. The highest BCUT2D eigenvalue weighted by Crippen LogP contribution is 2.14. The van der Waals surface area contributed by atoms with Gasteiger partial charge in [-0.25, -0.2) is 13.1 Å². The number of sulfonamides is 1. The molecular formula is C11H7N5O2S. The standard InChI is InChI=1S/C11H7N5O2S/c12-6-9-10(7-13)15-11(14-9)16-19(17,18)8-4-2-1-3-5-8/h1-5H,(H2,14,15,16). The fraction of sp³-hybridized carbons (Fsp3) is 0. The summed E-state index contributed by atoms with van der Waals surface area (Å²) < 4.78 is 26.1. The van der Waals surface area contributed by atoms with Gasteiger partial charge in [0.25, 0.3) is 10.0 Å². The second-order valence-corrected chi connectivity index (χ2v) is 5.13. The van der Waals surface area contributed by atoms with Gasteiger partial charge in [0, 0.05) is 0 Å². The van der Waals surface area contributed by atoms with Crippen molar-refractivity contribution >= 4 is 16.0 Å². The smallest absolute Gasteiger partial charge is 0.264 e. The van der Waals surface area contributed by atoms with E-state index in [0.717, 1.165) is 0 Å². The van der Waals surface area contributed by atoms with Gasteiger partial charge in [0.05, 0.1) is 4.90 Å². The number of imidazole rings is 1. The molecular weight excluding hydrogens is 266 g/mol. The number of nitrogens with one attached hydrogen (secondary N) is 2. The molecule has 0 amide bonds. The maximum absolute atomic E-state index is 12.0. The van der Waals surface area contributed by atoms with Crippen LogP contribution in [0.15, 0.2) is 35.2 Å². The molecule has 94 valence electrons. The van der Waals surface area contributed by atoms with Gasteiger partial charge in [-0.3, -0.25) is 0 Å². The number of nitrogens with zero attached hydrogens (tertiary/aromatic N) is 3. The molecule has 0 radical (unpaired) electrons. The topological polar surface area (TPSA) is 122 Å². The molecule has 0 saturated heterocycles. The average Bonchev–Trinajstić information content (AvgIpc) is 2.81. The summed E-state index contributed by atoms with van der Waals surface area (Å²) in [6, 6.07) is 11.1. The van der Waals surface area contributed by atoms with Crippen LogP contribution in [0.3, 0.4) is 0 Å². The number of aromatic nitrogens is 2. The van der Waals surface area contributed by atoms with Crippen molar-refractivity contribution in [1.82, 2.24) is 9.97 Å². The van der Waals surface area contributed by atoms with E-state index in [-0.39, 0.29) is 22.2 Å². The Balaban J connectivity index is 2.35. The van der Waals surface area contributed by atoms with Gasteiger partial charge in [-0.05, 0) is 12.1 Å². The minimum atomic E-state index is -3.80. The molecule has 0 bridgehead atoms. The summed E-state index contributed by atoms with van der Waals surface area (Å²) in [6.07, 6.45) is 0. The lowest BCUT2D eigenvalue weighted by molar-refractivity contribution is 0.601. The predicted molar refractivity (Wildman–Crippen MR) is 65.3 cm³/mol. The van der Waals surface area contributed by atoms with Gasteiger partial charge in [-0.15, -0.1) is 0 Å². The molecule has 0 fully saturated rings. The molecule has 0 aliphatic rings. The molecule has 19 heavy (non-hydrogen) atoms. The Morgan fingerprint density at radius 2 is 1.84 bits per heavy atom. The van der Waals surface area contributed by atoms with E-state index < -0.39 is 10.0 Å². The van der Waals surface area contributed by atoms with E-state index in [4.69, 9.17) is 10.5 Å². The molecule has 0 spiro atoms. The summed E-state index contributed by atoms with van der Waals surface area (Å²) in [5.74, 6) is -0.169. The van der Waals surface area contributed by atoms with Gasteiger partial charge in [0.1, 0.15) is 12.1 Å². The van der Waals surface area contributed by atoms with Crippen molar-refractivity contribution in [2.45, 2.75) is 4.90 Å². The number of H-pyrrole nitrogens is 1. The molecule has 0 aliphatic heterocycles. The van der Waals surface area contributed by atoms with E-state index in [2.05, 4.69) is 14.7 Å². The van der Waals surface area contributed by atoms with Crippen LogP contribution in [0.5, 0.6) is 0 Å². The third-order valence-electron chi connectivity index (χ3n) is 2.21. The Morgan fingerprint density at radius 3 is 2.37 bits per heavy atom. The minimum Gasteiger partial charge on any atom is -0.314 e. The molecule has 2 rings (SSSR count). The number of rotatable bonds is 3. The molecule has 1 aromatic carbocycles. The lowest BCUT2D eigenvalue weighted by Gasteiger charge is -2.04. The first-order chi connectivity index (χ1) is 9.06. The molecule has 1 heterocycles. The zero-order valence-corrected chi connectivity index (χ0v) is 10.3. The molecule has 7 nitrogen and oxygen atoms in total. The van der Waals surface area contributed by atoms with Crippen molar-refractivity contribution < 1.29 is 8.42 Å². The third kappa shape index (κ3) is 2.54. The summed E-state index contributed by atoms with van der Waals surface area (Å²) in [5.41, 5.74) is -0.249. The number of nitriles is 2. The molecule has 0 saturated carbocycles. The second-order valence-electron chi connectivity index (χ2n) is 3.45. The van der Waals surface area contributed by atoms with Crippen LogP contribution in [0.1, 0.15) is 11.4 Å². The van der Waals surface area contributed by atoms with E-state index in [1.54, 1.807) is 30.3 Å². The molecule has 1 aromatic heterocycles. The Kier molecular flexibility index (Phi) is 3.19. The normalized spacial score (nSPS) is 10.4. The van der Waals surface area contributed by atoms with Gasteiger partial charge in [0.2, 0.25) is 5.95 Å². The lowest BCUT2D eigenvalue weighted by atomic mass is 10.4. The van der Waals surface area contributed by atoms with Crippen LogP contribution in [0.4, 0.5) is 5.95 Å². The number of hydrogen-bond acceptors (Lipinski definition) is 5. The highest BCUT2D eigenvalue weighted by molar-refractivity contribution is 7.92. The lowest BCUT2D eigenvalue weighted by Crippen LogP contribution is -2.13. The van der Waals surface area contributed by atoms with Gasteiger partial charge in [-0.2, -0.15) is 15.5 Å². The SMILES string of the molecule is N#Cc1nc(NS(=O)(=O)c2ccccc2)[nH]c1C#N. The van der Waals surface area contributed by atoms with E-state index in [1.165, 1.54) is 12.1 Å². The number of hydrogen-bond donors (Lipinski definition) is 2. The molecule has 0 unspecified atom stereocenters. The fourth-order valence-corrected chi connectivity index (χ4v) is 2.35. The van der Waals surface area contributed by atoms with Crippen LogP contribution in [-0.2, 0) is 10.0 Å². The van der Waals surface area contributed by atoms with Crippen molar-refractivity contribution in [1.29, 1.82) is 10.5 Å². The first-order valence-electron chi connectivity index (χ1n) is 5.05. The van der Waals surface area contributed by atoms with Crippen molar-refractivity contribution in [2.75, 3.05) is 4.72 Å². The van der Waals surface area contributed by atoms with Crippen LogP contribution >= 0.6 is 0 Å². The van der Waals surface area contributed by atoms with Crippen LogP contribution < -0.4 is 4.72 Å². The summed E-state index contributed by atoms with van der Waals surface area (Å²) in [4.78, 5) is 6.16. The number of aromatic amines is 1. The summed E-state index contributed by atoms with van der Waals surface area (Å²) in [6.45, 7) is 0. The third-order valence-corrected chi connectivity index (χ3v) is 3.56.